The highest BCUT2D eigenvalue weighted by molar-refractivity contribution is 7.91. The Bertz CT molecular complexity index is 991. The minimum atomic E-state index is -3.59. The van der Waals surface area contributed by atoms with Crippen LogP contribution in [0, 0.1) is 0 Å². The standard InChI is InChI=1S/C21H22O4SSi/c1-27(2,3)25-19-11-15-21(16-12-19)26(22,23)20-13-9-18(10-14-20)24-17-7-5-4-6-8-17/h4-16H,1-3H3. The number of para-hydroxylation sites is 1. The predicted molar refractivity (Wildman–Crippen MR) is 109 cm³/mol. The van der Waals surface area contributed by atoms with Crippen molar-refractivity contribution in [2.45, 2.75) is 29.4 Å². The average Bonchev–Trinajstić information content (AvgIpc) is 2.62. The SMILES string of the molecule is C[Si](C)(C)Oc1ccc(S(=O)(=O)c2ccc(Oc3ccccc3)cc2)cc1. The van der Waals surface area contributed by atoms with E-state index in [1.54, 1.807) is 48.5 Å². The van der Waals surface area contributed by atoms with E-state index >= 15 is 0 Å². The largest absolute Gasteiger partial charge is 0.544 e. The third-order valence-corrected chi connectivity index (χ3v) is 6.30. The molecule has 27 heavy (non-hydrogen) atoms. The van der Waals surface area contributed by atoms with E-state index in [-0.39, 0.29) is 9.79 Å². The molecule has 0 radical (unpaired) electrons. The zero-order valence-electron chi connectivity index (χ0n) is 15.5. The summed E-state index contributed by atoms with van der Waals surface area (Å²) in [5, 5.41) is 0. The minimum absolute atomic E-state index is 0.224. The van der Waals surface area contributed by atoms with Crippen molar-refractivity contribution in [1.29, 1.82) is 0 Å². The lowest BCUT2D eigenvalue weighted by molar-refractivity contribution is 0.482. The Morgan fingerprint density at radius 1 is 0.630 bits per heavy atom. The molecule has 6 heteroatoms. The molecule has 3 rings (SSSR count). The summed E-state index contributed by atoms with van der Waals surface area (Å²) in [6.45, 7) is 6.24. The highest BCUT2D eigenvalue weighted by atomic mass is 32.2. The molecule has 0 atom stereocenters. The Balaban J connectivity index is 1.78. The van der Waals surface area contributed by atoms with Gasteiger partial charge in [-0.3, -0.25) is 0 Å². The van der Waals surface area contributed by atoms with Crippen LogP contribution in [0.3, 0.4) is 0 Å². The maximum Gasteiger partial charge on any atom is 0.242 e. The van der Waals surface area contributed by atoms with Crippen LogP contribution >= 0.6 is 0 Å². The van der Waals surface area contributed by atoms with Crippen LogP contribution in [0.25, 0.3) is 0 Å². The number of benzene rings is 3. The lowest BCUT2D eigenvalue weighted by atomic mass is 10.3. The van der Waals surface area contributed by atoms with Crippen molar-refractivity contribution in [2.75, 3.05) is 0 Å². The summed E-state index contributed by atoms with van der Waals surface area (Å²) in [6.07, 6.45) is 0. The topological polar surface area (TPSA) is 52.6 Å². The molecular weight excluding hydrogens is 376 g/mol. The fourth-order valence-electron chi connectivity index (χ4n) is 2.49. The fourth-order valence-corrected chi connectivity index (χ4v) is 4.59. The van der Waals surface area contributed by atoms with Crippen molar-refractivity contribution >= 4 is 18.2 Å². The van der Waals surface area contributed by atoms with Gasteiger partial charge in [-0.05, 0) is 80.3 Å². The summed E-state index contributed by atoms with van der Waals surface area (Å²) in [5.41, 5.74) is 0. The summed E-state index contributed by atoms with van der Waals surface area (Å²) in [4.78, 5) is 0.462. The fraction of sp³-hybridized carbons (Fsp3) is 0.143. The van der Waals surface area contributed by atoms with Crippen molar-refractivity contribution in [1.82, 2.24) is 0 Å². The second-order valence-corrected chi connectivity index (χ2v) is 13.5. The van der Waals surface area contributed by atoms with E-state index in [2.05, 4.69) is 19.6 Å². The van der Waals surface area contributed by atoms with Gasteiger partial charge in [0.15, 0.2) is 0 Å². The van der Waals surface area contributed by atoms with E-state index in [1.165, 1.54) is 0 Å². The molecule has 0 heterocycles. The van der Waals surface area contributed by atoms with Gasteiger partial charge in [0.2, 0.25) is 18.2 Å². The van der Waals surface area contributed by atoms with Gasteiger partial charge in [0, 0.05) is 0 Å². The molecule has 3 aromatic rings. The molecular formula is C21H22O4SSi. The summed E-state index contributed by atoms with van der Waals surface area (Å²) in [6, 6.07) is 22.3. The van der Waals surface area contributed by atoms with Crippen molar-refractivity contribution in [3.05, 3.63) is 78.9 Å². The predicted octanol–water partition coefficient (Wildman–Crippen LogP) is 5.53. The number of sulfone groups is 1. The quantitative estimate of drug-likeness (QED) is 0.513. The van der Waals surface area contributed by atoms with Crippen molar-refractivity contribution in [3.63, 3.8) is 0 Å². The highest BCUT2D eigenvalue weighted by Gasteiger charge is 2.19. The molecule has 0 bridgehead atoms. The van der Waals surface area contributed by atoms with Crippen LogP contribution in [0.4, 0.5) is 0 Å². The van der Waals surface area contributed by atoms with Gasteiger partial charge in [0.25, 0.3) is 0 Å². The number of rotatable bonds is 6. The lowest BCUT2D eigenvalue weighted by Crippen LogP contribution is -2.29. The minimum Gasteiger partial charge on any atom is -0.544 e. The molecule has 0 aliphatic rings. The number of hydrogen-bond acceptors (Lipinski definition) is 4. The Hall–Kier alpha value is -2.57. The maximum atomic E-state index is 12.8. The van der Waals surface area contributed by atoms with E-state index < -0.39 is 18.2 Å². The maximum absolute atomic E-state index is 12.8. The smallest absolute Gasteiger partial charge is 0.242 e. The highest BCUT2D eigenvalue weighted by Crippen LogP contribution is 2.27. The van der Waals surface area contributed by atoms with Crippen LogP contribution in [-0.4, -0.2) is 16.7 Å². The monoisotopic (exact) mass is 398 g/mol. The lowest BCUT2D eigenvalue weighted by Gasteiger charge is -2.19. The van der Waals surface area contributed by atoms with E-state index in [0.29, 0.717) is 17.2 Å². The van der Waals surface area contributed by atoms with Crippen LogP contribution in [0.2, 0.25) is 19.6 Å². The van der Waals surface area contributed by atoms with Crippen LogP contribution in [0.1, 0.15) is 0 Å². The van der Waals surface area contributed by atoms with Crippen LogP contribution < -0.4 is 9.16 Å². The van der Waals surface area contributed by atoms with Crippen molar-refractivity contribution in [3.8, 4) is 17.2 Å². The van der Waals surface area contributed by atoms with Gasteiger partial charge < -0.3 is 9.16 Å². The first-order chi connectivity index (χ1) is 12.7. The molecule has 0 N–H and O–H groups in total. The normalized spacial score (nSPS) is 11.8. The third kappa shape index (κ3) is 4.99. The van der Waals surface area contributed by atoms with Gasteiger partial charge in [0.1, 0.15) is 17.2 Å². The van der Waals surface area contributed by atoms with Crippen LogP contribution in [0.5, 0.6) is 17.2 Å². The Morgan fingerprint density at radius 2 is 1.07 bits per heavy atom. The van der Waals surface area contributed by atoms with Gasteiger partial charge in [0.05, 0.1) is 9.79 Å². The van der Waals surface area contributed by atoms with Gasteiger partial charge in [-0.25, -0.2) is 8.42 Å². The first kappa shape index (κ1) is 19.2. The summed E-state index contributed by atoms with van der Waals surface area (Å²) in [7, 11) is -5.32. The molecule has 3 aromatic carbocycles. The van der Waals surface area contributed by atoms with E-state index in [0.717, 1.165) is 0 Å². The van der Waals surface area contributed by atoms with Gasteiger partial charge in [-0.15, -0.1) is 0 Å². The van der Waals surface area contributed by atoms with Crippen LogP contribution in [-0.2, 0) is 9.84 Å². The Labute approximate surface area is 161 Å². The average molecular weight is 399 g/mol. The molecule has 0 aliphatic carbocycles. The summed E-state index contributed by atoms with van der Waals surface area (Å²) >= 11 is 0. The molecule has 0 unspecified atom stereocenters. The van der Waals surface area contributed by atoms with Gasteiger partial charge in [-0.1, -0.05) is 18.2 Å². The molecule has 0 fully saturated rings. The molecule has 0 amide bonds. The molecule has 140 valence electrons. The third-order valence-electron chi connectivity index (χ3n) is 3.67. The number of hydrogen-bond donors (Lipinski definition) is 0. The first-order valence-corrected chi connectivity index (χ1v) is 13.5. The molecule has 0 spiro atoms. The second-order valence-electron chi connectivity index (χ2n) is 7.08. The zero-order chi connectivity index (χ0) is 19.5. The van der Waals surface area contributed by atoms with Crippen molar-refractivity contribution < 1.29 is 17.6 Å². The molecule has 0 aliphatic heterocycles. The second kappa shape index (κ2) is 7.58. The zero-order valence-corrected chi connectivity index (χ0v) is 17.4. The summed E-state index contributed by atoms with van der Waals surface area (Å²) < 4.78 is 37.2. The van der Waals surface area contributed by atoms with E-state index in [9.17, 15) is 8.42 Å². The molecule has 4 nitrogen and oxygen atoms in total. The van der Waals surface area contributed by atoms with E-state index in [4.69, 9.17) is 9.16 Å². The van der Waals surface area contributed by atoms with E-state index in [1.807, 2.05) is 30.3 Å². The van der Waals surface area contributed by atoms with Crippen LogP contribution in [0.15, 0.2) is 88.7 Å². The van der Waals surface area contributed by atoms with Gasteiger partial charge >= 0.3 is 0 Å². The Morgan fingerprint density at radius 3 is 1.56 bits per heavy atom. The molecule has 0 saturated carbocycles. The Kier molecular flexibility index (Phi) is 5.39. The number of ether oxygens (including phenoxy) is 1. The van der Waals surface area contributed by atoms with Gasteiger partial charge in [-0.2, -0.15) is 0 Å². The molecule has 0 aromatic heterocycles. The summed E-state index contributed by atoms with van der Waals surface area (Å²) in [5.74, 6) is 1.98. The first-order valence-electron chi connectivity index (χ1n) is 8.61. The van der Waals surface area contributed by atoms with Crippen molar-refractivity contribution in [2.24, 2.45) is 0 Å². The molecule has 0 saturated heterocycles.